The number of nitrogens with zero attached hydrogens (tertiary/aromatic N) is 1. The van der Waals surface area contributed by atoms with Crippen LogP contribution in [0.4, 0.5) is 4.39 Å². The minimum atomic E-state index is -0.854. The number of nitrogens with one attached hydrogen (secondary N) is 1. The normalized spacial score (nSPS) is 19.6. The second kappa shape index (κ2) is 5.16. The van der Waals surface area contributed by atoms with Crippen molar-refractivity contribution in [2.24, 2.45) is 0 Å². The van der Waals surface area contributed by atoms with Crippen molar-refractivity contribution >= 4 is 11.8 Å². The third-order valence-corrected chi connectivity index (χ3v) is 3.03. The molecule has 0 saturated carbocycles. The van der Waals surface area contributed by atoms with Crippen molar-refractivity contribution in [3.63, 3.8) is 0 Å². The number of rotatable bonds is 2. The van der Waals surface area contributed by atoms with Crippen molar-refractivity contribution in [2.45, 2.75) is 19.4 Å². The molecule has 0 radical (unpaired) electrons. The maximum absolute atomic E-state index is 13.8. The summed E-state index contributed by atoms with van der Waals surface area (Å²) in [4.78, 5) is 25.2. The van der Waals surface area contributed by atoms with E-state index in [-0.39, 0.29) is 17.4 Å². The molecule has 1 saturated heterocycles. The summed E-state index contributed by atoms with van der Waals surface area (Å²) in [5.41, 5.74) is 0.247. The first-order valence-corrected chi connectivity index (χ1v) is 5.96. The molecule has 0 aliphatic carbocycles. The number of halogens is 1. The summed E-state index contributed by atoms with van der Waals surface area (Å²) in [6.07, 6.45) is 0.304. The number of carbonyl (C=O) groups excluding carboxylic acids is 2. The smallest absolute Gasteiger partial charge is 0.247 e. The Labute approximate surface area is 105 Å². The third kappa shape index (κ3) is 2.20. The molecular weight excluding hydrogens is 235 g/mol. The van der Waals surface area contributed by atoms with Gasteiger partial charge in [-0.05, 0) is 6.07 Å². The molecule has 0 spiro atoms. The predicted octanol–water partition coefficient (Wildman–Crippen LogP) is 1.24. The van der Waals surface area contributed by atoms with Crippen LogP contribution in [-0.2, 0) is 9.59 Å². The quantitative estimate of drug-likeness (QED) is 0.858. The lowest BCUT2D eigenvalue weighted by Gasteiger charge is -2.35. The largest absolute Gasteiger partial charge is 0.352 e. The van der Waals surface area contributed by atoms with E-state index in [0.29, 0.717) is 19.5 Å². The molecule has 96 valence electrons. The van der Waals surface area contributed by atoms with Crippen molar-refractivity contribution in [2.75, 3.05) is 13.1 Å². The molecule has 1 fully saturated rings. The molecule has 0 bridgehead atoms. The van der Waals surface area contributed by atoms with E-state index >= 15 is 0 Å². The van der Waals surface area contributed by atoms with Gasteiger partial charge < -0.3 is 10.2 Å². The Kier molecular flexibility index (Phi) is 3.60. The first-order chi connectivity index (χ1) is 8.65. The molecule has 1 aliphatic heterocycles. The molecule has 18 heavy (non-hydrogen) atoms. The summed E-state index contributed by atoms with van der Waals surface area (Å²) in [5.74, 6) is -0.931. The van der Waals surface area contributed by atoms with Crippen molar-refractivity contribution in [3.8, 4) is 0 Å². The SMILES string of the molecule is CCC(=O)N1CCNC(=O)C1c1ccccc1F. The van der Waals surface area contributed by atoms with Gasteiger partial charge >= 0.3 is 0 Å². The van der Waals surface area contributed by atoms with E-state index < -0.39 is 11.9 Å². The highest BCUT2D eigenvalue weighted by atomic mass is 19.1. The van der Waals surface area contributed by atoms with Gasteiger partial charge in [0, 0.05) is 25.1 Å². The zero-order valence-electron chi connectivity index (χ0n) is 10.1. The topological polar surface area (TPSA) is 49.4 Å². The van der Waals surface area contributed by atoms with Crippen LogP contribution in [0, 0.1) is 5.82 Å². The highest BCUT2D eigenvalue weighted by Gasteiger charge is 2.34. The van der Waals surface area contributed by atoms with Crippen molar-refractivity contribution in [1.82, 2.24) is 10.2 Å². The lowest BCUT2D eigenvalue weighted by Crippen LogP contribution is -2.52. The van der Waals surface area contributed by atoms with Gasteiger partial charge in [-0.15, -0.1) is 0 Å². The minimum absolute atomic E-state index is 0.141. The lowest BCUT2D eigenvalue weighted by molar-refractivity contribution is -0.143. The molecule has 1 aromatic rings. The van der Waals surface area contributed by atoms with E-state index in [9.17, 15) is 14.0 Å². The first-order valence-electron chi connectivity index (χ1n) is 5.96. The van der Waals surface area contributed by atoms with E-state index in [1.54, 1.807) is 25.1 Å². The number of piperazine rings is 1. The van der Waals surface area contributed by atoms with Gasteiger partial charge in [0.15, 0.2) is 0 Å². The Morgan fingerprint density at radius 2 is 2.22 bits per heavy atom. The van der Waals surface area contributed by atoms with Gasteiger partial charge in [-0.25, -0.2) is 4.39 Å². The second-order valence-electron chi connectivity index (χ2n) is 4.16. The van der Waals surface area contributed by atoms with Gasteiger partial charge in [0.25, 0.3) is 0 Å². The standard InChI is InChI=1S/C13H15FN2O2/c1-2-11(17)16-8-7-15-13(18)12(16)9-5-3-4-6-10(9)14/h3-6,12H,2,7-8H2,1H3,(H,15,18). The van der Waals surface area contributed by atoms with Crippen LogP contribution < -0.4 is 5.32 Å². The van der Waals surface area contributed by atoms with Gasteiger partial charge in [-0.1, -0.05) is 25.1 Å². The molecule has 1 unspecified atom stereocenters. The Morgan fingerprint density at radius 3 is 2.89 bits per heavy atom. The third-order valence-electron chi connectivity index (χ3n) is 3.03. The molecule has 5 heteroatoms. The van der Waals surface area contributed by atoms with E-state index in [4.69, 9.17) is 0 Å². The van der Waals surface area contributed by atoms with Crippen LogP contribution >= 0.6 is 0 Å². The van der Waals surface area contributed by atoms with Gasteiger partial charge in [0.05, 0.1) is 0 Å². The molecule has 2 rings (SSSR count). The van der Waals surface area contributed by atoms with Gasteiger partial charge in [-0.2, -0.15) is 0 Å². The molecule has 1 aromatic carbocycles. The second-order valence-corrected chi connectivity index (χ2v) is 4.16. The molecule has 1 atom stereocenters. The molecule has 0 aromatic heterocycles. The Morgan fingerprint density at radius 1 is 1.50 bits per heavy atom. The fraction of sp³-hybridized carbons (Fsp3) is 0.385. The van der Waals surface area contributed by atoms with Crippen LogP contribution in [0.15, 0.2) is 24.3 Å². The first kappa shape index (κ1) is 12.5. The molecule has 4 nitrogen and oxygen atoms in total. The summed E-state index contributed by atoms with van der Waals surface area (Å²) in [7, 11) is 0. The summed E-state index contributed by atoms with van der Waals surface area (Å²) >= 11 is 0. The predicted molar refractivity (Wildman–Crippen MR) is 64.2 cm³/mol. The Balaban J connectivity index is 2.39. The zero-order chi connectivity index (χ0) is 13.1. The Bertz CT molecular complexity index is 476. The monoisotopic (exact) mass is 250 g/mol. The average Bonchev–Trinajstić information content (AvgIpc) is 2.39. The van der Waals surface area contributed by atoms with Crippen LogP contribution in [0.3, 0.4) is 0 Å². The Hall–Kier alpha value is -1.91. The van der Waals surface area contributed by atoms with Gasteiger partial charge in [0.1, 0.15) is 11.9 Å². The number of amides is 2. The van der Waals surface area contributed by atoms with Crippen molar-refractivity contribution < 1.29 is 14.0 Å². The van der Waals surface area contributed by atoms with E-state index in [2.05, 4.69) is 5.32 Å². The van der Waals surface area contributed by atoms with Crippen LogP contribution in [0.2, 0.25) is 0 Å². The van der Waals surface area contributed by atoms with E-state index in [1.807, 2.05) is 0 Å². The van der Waals surface area contributed by atoms with E-state index in [0.717, 1.165) is 0 Å². The molecule has 1 N–H and O–H groups in total. The summed E-state index contributed by atoms with van der Waals surface area (Å²) in [5, 5.41) is 2.67. The minimum Gasteiger partial charge on any atom is -0.352 e. The maximum Gasteiger partial charge on any atom is 0.247 e. The van der Waals surface area contributed by atoms with Crippen LogP contribution in [0.1, 0.15) is 24.9 Å². The van der Waals surface area contributed by atoms with Crippen LogP contribution in [0.25, 0.3) is 0 Å². The summed E-state index contributed by atoms with van der Waals surface area (Å²) < 4.78 is 13.8. The molecule has 1 aliphatic rings. The zero-order valence-corrected chi connectivity index (χ0v) is 10.1. The van der Waals surface area contributed by atoms with Crippen molar-refractivity contribution in [3.05, 3.63) is 35.6 Å². The number of benzene rings is 1. The lowest BCUT2D eigenvalue weighted by atomic mass is 10.0. The summed E-state index contributed by atoms with van der Waals surface area (Å²) in [6, 6.07) is 5.21. The highest BCUT2D eigenvalue weighted by molar-refractivity contribution is 5.89. The van der Waals surface area contributed by atoms with Gasteiger partial charge in [0.2, 0.25) is 11.8 Å². The molecular formula is C13H15FN2O2. The number of hydrogen-bond donors (Lipinski definition) is 1. The highest BCUT2D eigenvalue weighted by Crippen LogP contribution is 2.26. The molecule has 1 heterocycles. The number of hydrogen-bond acceptors (Lipinski definition) is 2. The maximum atomic E-state index is 13.8. The van der Waals surface area contributed by atoms with Crippen LogP contribution in [-0.4, -0.2) is 29.8 Å². The number of carbonyl (C=O) groups is 2. The summed E-state index contributed by atoms with van der Waals surface area (Å²) in [6.45, 7) is 2.56. The average molecular weight is 250 g/mol. The fourth-order valence-corrected chi connectivity index (χ4v) is 2.14. The fourth-order valence-electron chi connectivity index (χ4n) is 2.14. The van der Waals surface area contributed by atoms with Crippen LogP contribution in [0.5, 0.6) is 0 Å². The molecule has 2 amide bonds. The van der Waals surface area contributed by atoms with Crippen molar-refractivity contribution in [1.29, 1.82) is 0 Å². The van der Waals surface area contributed by atoms with E-state index in [1.165, 1.54) is 11.0 Å². The van der Waals surface area contributed by atoms with Gasteiger partial charge in [-0.3, -0.25) is 9.59 Å².